The monoisotopic (exact) mass is 252 g/mol. The van der Waals surface area contributed by atoms with Gasteiger partial charge in [0.2, 0.25) is 0 Å². The molecule has 2 fully saturated rings. The van der Waals surface area contributed by atoms with Crippen LogP contribution in [0, 0.1) is 11.3 Å². The fraction of sp³-hybridized carbons (Fsp3) is 1.00. The Morgan fingerprint density at radius 2 is 1.61 bits per heavy atom. The highest BCUT2D eigenvalue weighted by Crippen LogP contribution is 2.40. The highest BCUT2D eigenvalue weighted by atomic mass is 15.3. The van der Waals surface area contributed by atoms with Crippen LogP contribution >= 0.6 is 0 Å². The predicted molar refractivity (Wildman–Crippen MR) is 78.6 cm³/mol. The maximum atomic E-state index is 6.16. The molecule has 0 aromatic rings. The molecule has 0 saturated heterocycles. The van der Waals surface area contributed by atoms with Crippen LogP contribution in [0.4, 0.5) is 0 Å². The lowest BCUT2D eigenvalue weighted by Gasteiger charge is -2.42. The Morgan fingerprint density at radius 1 is 1.00 bits per heavy atom. The van der Waals surface area contributed by atoms with Gasteiger partial charge in [-0.15, -0.1) is 0 Å². The van der Waals surface area contributed by atoms with E-state index in [1.165, 1.54) is 45.1 Å². The van der Waals surface area contributed by atoms with E-state index in [4.69, 9.17) is 5.73 Å². The Bertz CT molecular complexity index is 273. The van der Waals surface area contributed by atoms with Crippen molar-refractivity contribution in [3.8, 4) is 0 Å². The van der Waals surface area contributed by atoms with Gasteiger partial charge in [0, 0.05) is 24.7 Å². The molecule has 0 bridgehead atoms. The van der Waals surface area contributed by atoms with Crippen molar-refractivity contribution in [2.24, 2.45) is 17.1 Å². The van der Waals surface area contributed by atoms with Crippen molar-refractivity contribution in [1.29, 1.82) is 0 Å². The molecule has 2 heteroatoms. The van der Waals surface area contributed by atoms with Gasteiger partial charge in [0.05, 0.1) is 0 Å². The summed E-state index contributed by atoms with van der Waals surface area (Å²) >= 11 is 0. The number of nitrogens with two attached hydrogens (primary N) is 1. The molecular formula is C16H32N2. The second-order valence-electron chi connectivity index (χ2n) is 8.09. The van der Waals surface area contributed by atoms with Crippen LogP contribution in [0.3, 0.4) is 0 Å². The van der Waals surface area contributed by atoms with Crippen LogP contribution in [0.5, 0.6) is 0 Å². The van der Waals surface area contributed by atoms with E-state index in [0.29, 0.717) is 5.41 Å². The summed E-state index contributed by atoms with van der Waals surface area (Å²) in [7, 11) is 0. The maximum absolute atomic E-state index is 6.16. The molecule has 2 rings (SSSR count). The summed E-state index contributed by atoms with van der Waals surface area (Å²) in [4.78, 5) is 2.77. The predicted octanol–water partition coefficient (Wildman–Crippen LogP) is 3.40. The third-order valence-corrected chi connectivity index (χ3v) is 4.69. The van der Waals surface area contributed by atoms with Crippen LogP contribution in [0.2, 0.25) is 0 Å². The van der Waals surface area contributed by atoms with Gasteiger partial charge in [-0.3, -0.25) is 4.90 Å². The fourth-order valence-electron chi connectivity index (χ4n) is 2.78. The van der Waals surface area contributed by atoms with Gasteiger partial charge in [0.25, 0.3) is 0 Å². The third kappa shape index (κ3) is 3.96. The number of hydrogen-bond acceptors (Lipinski definition) is 2. The lowest BCUT2D eigenvalue weighted by molar-refractivity contribution is 0.0751. The molecule has 0 radical (unpaired) electrons. The zero-order chi connectivity index (χ0) is 13.4. The molecule has 1 atom stereocenters. The molecule has 0 spiro atoms. The minimum absolute atomic E-state index is 0.233. The zero-order valence-corrected chi connectivity index (χ0v) is 12.8. The second kappa shape index (κ2) is 5.13. The van der Waals surface area contributed by atoms with Gasteiger partial charge in [0.1, 0.15) is 0 Å². The van der Waals surface area contributed by atoms with Crippen LogP contribution in [-0.4, -0.2) is 29.6 Å². The zero-order valence-electron chi connectivity index (χ0n) is 12.8. The van der Waals surface area contributed by atoms with E-state index in [0.717, 1.165) is 18.5 Å². The molecule has 2 N–H and O–H groups in total. The second-order valence-corrected chi connectivity index (χ2v) is 8.09. The van der Waals surface area contributed by atoms with Crippen LogP contribution < -0.4 is 5.73 Å². The first-order chi connectivity index (χ1) is 8.34. The number of nitrogens with zero attached hydrogens (tertiary/aromatic N) is 1. The van der Waals surface area contributed by atoms with Crippen molar-refractivity contribution in [2.75, 3.05) is 13.1 Å². The molecule has 0 amide bonds. The molecule has 2 saturated carbocycles. The maximum Gasteiger partial charge on any atom is 0.0306 e. The van der Waals surface area contributed by atoms with E-state index in [2.05, 4.69) is 32.6 Å². The van der Waals surface area contributed by atoms with Gasteiger partial charge in [-0.05, 0) is 56.8 Å². The lowest BCUT2D eigenvalue weighted by atomic mass is 9.82. The van der Waals surface area contributed by atoms with Crippen LogP contribution in [0.25, 0.3) is 0 Å². The summed E-state index contributed by atoms with van der Waals surface area (Å²) in [6, 6.07) is 0.846. The van der Waals surface area contributed by atoms with Gasteiger partial charge < -0.3 is 5.73 Å². The summed E-state index contributed by atoms with van der Waals surface area (Å²) in [5.41, 5.74) is 6.81. The quantitative estimate of drug-likeness (QED) is 0.752. The molecule has 0 aromatic heterocycles. The van der Waals surface area contributed by atoms with Crippen molar-refractivity contribution in [2.45, 2.75) is 77.8 Å². The van der Waals surface area contributed by atoms with Crippen molar-refractivity contribution >= 4 is 0 Å². The fourth-order valence-corrected chi connectivity index (χ4v) is 2.78. The molecule has 0 aromatic carbocycles. The summed E-state index contributed by atoms with van der Waals surface area (Å²) < 4.78 is 0. The van der Waals surface area contributed by atoms with E-state index < -0.39 is 0 Å². The van der Waals surface area contributed by atoms with E-state index >= 15 is 0 Å². The molecule has 2 nitrogen and oxygen atoms in total. The summed E-state index contributed by atoms with van der Waals surface area (Å²) in [5, 5.41) is 0. The van der Waals surface area contributed by atoms with Crippen LogP contribution in [-0.2, 0) is 0 Å². The lowest BCUT2D eigenvalue weighted by Crippen LogP contribution is -2.53. The van der Waals surface area contributed by atoms with Gasteiger partial charge in [-0.1, -0.05) is 20.8 Å². The first-order valence-corrected chi connectivity index (χ1v) is 7.81. The third-order valence-electron chi connectivity index (χ3n) is 4.69. The molecule has 0 aliphatic heterocycles. The molecular weight excluding hydrogens is 220 g/mol. The highest BCUT2D eigenvalue weighted by molar-refractivity contribution is 4.99. The number of rotatable bonds is 7. The topological polar surface area (TPSA) is 29.3 Å². The molecule has 2 aliphatic carbocycles. The minimum Gasteiger partial charge on any atom is -0.329 e. The van der Waals surface area contributed by atoms with Crippen LogP contribution in [0.1, 0.15) is 66.2 Å². The Hall–Kier alpha value is -0.0800. The summed E-state index contributed by atoms with van der Waals surface area (Å²) in [6.07, 6.45) is 8.22. The summed E-state index contributed by atoms with van der Waals surface area (Å²) in [6.45, 7) is 11.5. The molecule has 1 unspecified atom stereocenters. The smallest absolute Gasteiger partial charge is 0.0306 e. The van der Waals surface area contributed by atoms with E-state index in [1.807, 2.05) is 0 Å². The van der Waals surface area contributed by atoms with E-state index in [9.17, 15) is 0 Å². The first kappa shape index (κ1) is 14.3. The Kier molecular flexibility index (Phi) is 4.08. The summed E-state index contributed by atoms with van der Waals surface area (Å²) in [5.74, 6) is 0.978. The Balaban J connectivity index is 1.97. The van der Waals surface area contributed by atoms with E-state index in [1.54, 1.807) is 0 Å². The van der Waals surface area contributed by atoms with Crippen molar-refractivity contribution in [3.63, 3.8) is 0 Å². The van der Waals surface area contributed by atoms with Gasteiger partial charge in [-0.2, -0.15) is 0 Å². The van der Waals surface area contributed by atoms with Gasteiger partial charge >= 0.3 is 0 Å². The Labute approximate surface area is 113 Å². The average Bonchev–Trinajstić information content (AvgIpc) is 3.14. The SMILES string of the molecule is CC(C)(C)CCC(C)(CN)N(CC1CC1)C1CC1. The largest absolute Gasteiger partial charge is 0.329 e. The van der Waals surface area contributed by atoms with E-state index in [-0.39, 0.29) is 5.54 Å². The Morgan fingerprint density at radius 3 is 2.00 bits per heavy atom. The van der Waals surface area contributed by atoms with Crippen LogP contribution in [0.15, 0.2) is 0 Å². The normalized spacial score (nSPS) is 24.3. The van der Waals surface area contributed by atoms with Crippen molar-refractivity contribution in [1.82, 2.24) is 4.90 Å². The molecule has 106 valence electrons. The van der Waals surface area contributed by atoms with Crippen molar-refractivity contribution < 1.29 is 0 Å². The molecule has 0 heterocycles. The molecule has 18 heavy (non-hydrogen) atoms. The van der Waals surface area contributed by atoms with Crippen molar-refractivity contribution in [3.05, 3.63) is 0 Å². The van der Waals surface area contributed by atoms with Gasteiger partial charge in [-0.25, -0.2) is 0 Å². The highest BCUT2D eigenvalue weighted by Gasteiger charge is 2.42. The minimum atomic E-state index is 0.233. The number of hydrogen-bond donors (Lipinski definition) is 1. The first-order valence-electron chi connectivity index (χ1n) is 7.81. The van der Waals surface area contributed by atoms with Gasteiger partial charge in [0.15, 0.2) is 0 Å². The standard InChI is InChI=1S/C16H32N2/c1-15(2,3)9-10-16(4,12-17)18(14-7-8-14)11-13-5-6-13/h13-14H,5-12,17H2,1-4H3. The average molecular weight is 252 g/mol. The molecule has 2 aliphatic rings.